The van der Waals surface area contributed by atoms with Gasteiger partial charge in [-0.15, -0.1) is 0 Å². The second kappa shape index (κ2) is 7.55. The number of anilines is 1. The van der Waals surface area contributed by atoms with Crippen molar-refractivity contribution in [2.45, 2.75) is 6.04 Å². The quantitative estimate of drug-likeness (QED) is 0.344. The number of aliphatic hydroxyl groups is 1. The summed E-state index contributed by atoms with van der Waals surface area (Å²) in [7, 11) is 0. The number of halogens is 1. The average Bonchev–Trinajstić information content (AvgIpc) is 3.36. The fourth-order valence-corrected chi connectivity index (χ4v) is 4.16. The van der Waals surface area contributed by atoms with Crippen LogP contribution in [-0.2, 0) is 9.59 Å². The number of hydrogen-bond acceptors (Lipinski definition) is 6. The van der Waals surface area contributed by atoms with Crippen LogP contribution >= 0.6 is 15.9 Å². The van der Waals surface area contributed by atoms with Crippen molar-refractivity contribution in [1.82, 2.24) is 4.98 Å². The lowest BCUT2D eigenvalue weighted by Gasteiger charge is -2.25. The van der Waals surface area contributed by atoms with E-state index in [1.807, 2.05) is 6.07 Å². The lowest BCUT2D eigenvalue weighted by Crippen LogP contribution is -2.29. The molecule has 1 unspecified atom stereocenters. The highest BCUT2D eigenvalue weighted by Gasteiger charge is 2.47. The van der Waals surface area contributed by atoms with Gasteiger partial charge in [0.15, 0.2) is 11.5 Å². The molecule has 2 aliphatic heterocycles. The summed E-state index contributed by atoms with van der Waals surface area (Å²) in [6.07, 6.45) is 3.18. The first-order valence-electron chi connectivity index (χ1n) is 9.41. The average molecular weight is 479 g/mol. The molecular weight excluding hydrogens is 464 g/mol. The minimum atomic E-state index is -0.839. The number of ether oxygens (including phenoxy) is 2. The highest BCUT2D eigenvalue weighted by Crippen LogP contribution is 2.43. The van der Waals surface area contributed by atoms with Gasteiger partial charge in [-0.1, -0.05) is 28.1 Å². The van der Waals surface area contributed by atoms with E-state index in [0.29, 0.717) is 28.3 Å². The Morgan fingerprint density at radius 3 is 2.68 bits per heavy atom. The van der Waals surface area contributed by atoms with Crippen LogP contribution in [0.15, 0.2) is 77.0 Å². The summed E-state index contributed by atoms with van der Waals surface area (Å²) in [5.74, 6) is -0.778. The molecule has 7 nitrogen and oxygen atoms in total. The Morgan fingerprint density at radius 1 is 1.06 bits per heavy atom. The van der Waals surface area contributed by atoms with Crippen LogP contribution in [0.25, 0.3) is 5.76 Å². The molecule has 0 saturated carbocycles. The zero-order valence-electron chi connectivity index (χ0n) is 16.0. The minimum absolute atomic E-state index is 0.0168. The van der Waals surface area contributed by atoms with E-state index in [9.17, 15) is 14.7 Å². The first-order valence-corrected chi connectivity index (χ1v) is 10.2. The van der Waals surface area contributed by atoms with Gasteiger partial charge < -0.3 is 14.6 Å². The lowest BCUT2D eigenvalue weighted by molar-refractivity contribution is -0.132. The summed E-state index contributed by atoms with van der Waals surface area (Å²) >= 11 is 3.41. The molecule has 2 aliphatic rings. The summed E-state index contributed by atoms with van der Waals surface area (Å²) in [5.41, 5.74) is 1.46. The summed E-state index contributed by atoms with van der Waals surface area (Å²) in [6, 6.07) is 14.6. The number of fused-ring (bicyclic) bond motifs is 1. The fourth-order valence-electron chi connectivity index (χ4n) is 3.78. The highest BCUT2D eigenvalue weighted by atomic mass is 79.9. The summed E-state index contributed by atoms with van der Waals surface area (Å²) in [5, 5.41) is 11.1. The standard InChI is InChI=1S/C23H15BrN2O5/c24-15-4-1-5-16(10-15)26-20(14-3-2-8-25-11-14)19(22(28)23(26)29)21(27)13-6-7-17-18(9-13)31-12-30-17/h1-11,20,27H,12H2/b21-19-. The molecule has 1 amide bonds. The van der Waals surface area contributed by atoms with Crippen LogP contribution in [0.1, 0.15) is 17.2 Å². The molecule has 1 atom stereocenters. The molecule has 0 radical (unpaired) electrons. The number of nitrogens with zero attached hydrogens (tertiary/aromatic N) is 2. The van der Waals surface area contributed by atoms with Gasteiger partial charge in [-0.3, -0.25) is 19.5 Å². The van der Waals surface area contributed by atoms with Crippen molar-refractivity contribution in [3.8, 4) is 11.5 Å². The van der Waals surface area contributed by atoms with E-state index >= 15 is 0 Å². The minimum Gasteiger partial charge on any atom is -0.507 e. The fraction of sp³-hybridized carbons (Fsp3) is 0.0870. The molecule has 1 aromatic heterocycles. The van der Waals surface area contributed by atoms with Crippen LogP contribution in [0, 0.1) is 0 Å². The van der Waals surface area contributed by atoms with Gasteiger partial charge in [-0.05, 0) is 48.0 Å². The van der Waals surface area contributed by atoms with Gasteiger partial charge in [0, 0.05) is 28.1 Å². The van der Waals surface area contributed by atoms with Crippen molar-refractivity contribution in [3.05, 3.63) is 88.2 Å². The molecule has 154 valence electrons. The van der Waals surface area contributed by atoms with E-state index in [1.165, 1.54) is 4.90 Å². The van der Waals surface area contributed by atoms with E-state index in [1.54, 1.807) is 60.9 Å². The Labute approximate surface area is 185 Å². The molecule has 31 heavy (non-hydrogen) atoms. The van der Waals surface area contributed by atoms with E-state index in [-0.39, 0.29) is 18.1 Å². The molecule has 2 aromatic carbocycles. The van der Waals surface area contributed by atoms with Crippen molar-refractivity contribution >= 4 is 39.1 Å². The van der Waals surface area contributed by atoms with Crippen molar-refractivity contribution in [2.24, 2.45) is 0 Å². The van der Waals surface area contributed by atoms with Crippen LogP contribution in [0.4, 0.5) is 5.69 Å². The van der Waals surface area contributed by atoms with Crippen LogP contribution < -0.4 is 14.4 Å². The second-order valence-corrected chi connectivity index (χ2v) is 7.92. The Kier molecular flexibility index (Phi) is 4.71. The van der Waals surface area contributed by atoms with Gasteiger partial charge in [0.25, 0.3) is 11.7 Å². The number of benzene rings is 2. The molecule has 1 saturated heterocycles. The van der Waals surface area contributed by atoms with Gasteiger partial charge in [-0.2, -0.15) is 0 Å². The van der Waals surface area contributed by atoms with E-state index in [2.05, 4.69) is 20.9 Å². The Bertz CT molecular complexity index is 1240. The smallest absolute Gasteiger partial charge is 0.300 e. The number of ketones is 1. The third-order valence-electron chi connectivity index (χ3n) is 5.18. The summed E-state index contributed by atoms with van der Waals surface area (Å²) in [6.45, 7) is 0.0858. The van der Waals surface area contributed by atoms with Crippen LogP contribution in [0.3, 0.4) is 0 Å². The number of Topliss-reactive ketones (excluding diaryl/α,β-unsaturated/α-hetero) is 1. The van der Waals surface area contributed by atoms with E-state index < -0.39 is 17.7 Å². The van der Waals surface area contributed by atoms with Crippen molar-refractivity contribution in [2.75, 3.05) is 11.7 Å². The molecule has 3 heterocycles. The monoisotopic (exact) mass is 478 g/mol. The second-order valence-electron chi connectivity index (χ2n) is 7.00. The van der Waals surface area contributed by atoms with Crippen molar-refractivity contribution in [1.29, 1.82) is 0 Å². The molecule has 8 heteroatoms. The number of aromatic nitrogens is 1. The van der Waals surface area contributed by atoms with Gasteiger partial charge in [0.2, 0.25) is 6.79 Å². The van der Waals surface area contributed by atoms with Crippen molar-refractivity contribution < 1.29 is 24.2 Å². The van der Waals surface area contributed by atoms with Crippen molar-refractivity contribution in [3.63, 3.8) is 0 Å². The van der Waals surface area contributed by atoms with E-state index in [4.69, 9.17) is 9.47 Å². The summed E-state index contributed by atoms with van der Waals surface area (Å²) in [4.78, 5) is 31.7. The maximum atomic E-state index is 13.1. The summed E-state index contributed by atoms with van der Waals surface area (Å²) < 4.78 is 11.5. The molecule has 1 N–H and O–H groups in total. The molecule has 5 rings (SSSR count). The van der Waals surface area contributed by atoms with Crippen LogP contribution in [0.2, 0.25) is 0 Å². The largest absolute Gasteiger partial charge is 0.507 e. The van der Waals surface area contributed by atoms with Gasteiger partial charge in [0.1, 0.15) is 5.76 Å². The number of aliphatic hydroxyl groups excluding tert-OH is 1. The maximum Gasteiger partial charge on any atom is 0.300 e. The third kappa shape index (κ3) is 3.25. The van der Waals surface area contributed by atoms with Gasteiger partial charge in [-0.25, -0.2) is 0 Å². The number of carbonyl (C=O) groups excluding carboxylic acids is 2. The van der Waals surface area contributed by atoms with Gasteiger partial charge in [0.05, 0.1) is 11.6 Å². The Balaban J connectivity index is 1.70. The molecule has 1 fully saturated rings. The lowest BCUT2D eigenvalue weighted by atomic mass is 9.96. The normalized spacial score (nSPS) is 19.1. The van der Waals surface area contributed by atoms with Crippen LogP contribution in [0.5, 0.6) is 11.5 Å². The van der Waals surface area contributed by atoms with E-state index in [0.717, 1.165) is 4.47 Å². The molecule has 3 aromatic rings. The topological polar surface area (TPSA) is 89.0 Å². The SMILES string of the molecule is O=C1C(=O)N(c2cccc(Br)c2)C(c2cccnc2)/C1=C(/O)c1ccc2c(c1)OCO2. The first kappa shape index (κ1) is 19.3. The first-order chi connectivity index (χ1) is 15.0. The molecule has 0 spiro atoms. The number of rotatable bonds is 3. The Hall–Kier alpha value is -3.65. The third-order valence-corrected chi connectivity index (χ3v) is 5.67. The predicted molar refractivity (Wildman–Crippen MR) is 116 cm³/mol. The number of pyridine rings is 1. The van der Waals surface area contributed by atoms with Crippen LogP contribution in [-0.4, -0.2) is 28.6 Å². The molecular formula is C23H15BrN2O5. The molecule has 0 bridgehead atoms. The number of carbonyl (C=O) groups is 2. The Morgan fingerprint density at radius 2 is 1.90 bits per heavy atom. The zero-order chi connectivity index (χ0) is 21.5. The number of hydrogen-bond donors (Lipinski definition) is 1. The molecule has 0 aliphatic carbocycles. The number of amides is 1. The predicted octanol–water partition coefficient (Wildman–Crippen LogP) is 4.20. The van der Waals surface area contributed by atoms with Gasteiger partial charge >= 0.3 is 0 Å². The zero-order valence-corrected chi connectivity index (χ0v) is 17.6. The maximum absolute atomic E-state index is 13.1. The highest BCUT2D eigenvalue weighted by molar-refractivity contribution is 9.10.